The van der Waals surface area contributed by atoms with Gasteiger partial charge in [-0.1, -0.05) is 13.0 Å². The van der Waals surface area contributed by atoms with Gasteiger partial charge in [0.15, 0.2) is 5.82 Å². The Balaban J connectivity index is 2.38. The van der Waals surface area contributed by atoms with Crippen LogP contribution in [0.25, 0.3) is 11.5 Å². The third-order valence-corrected chi connectivity index (χ3v) is 2.84. The minimum absolute atomic E-state index is 0.701. The Kier molecular flexibility index (Phi) is 3.99. The van der Waals surface area contributed by atoms with Gasteiger partial charge in [-0.15, -0.1) is 0 Å². The predicted octanol–water partition coefficient (Wildman–Crippen LogP) is 2.26. The van der Waals surface area contributed by atoms with Crippen molar-refractivity contribution in [3.8, 4) is 11.5 Å². The van der Waals surface area contributed by atoms with Crippen LogP contribution >= 0.6 is 0 Å². The van der Waals surface area contributed by atoms with Gasteiger partial charge in [0.05, 0.1) is 5.69 Å². The first kappa shape index (κ1) is 12.6. The minimum atomic E-state index is 0.701. The number of nitrogens with one attached hydrogen (secondary N) is 1. The summed E-state index contributed by atoms with van der Waals surface area (Å²) in [4.78, 5) is 13.3. The van der Waals surface area contributed by atoms with Crippen molar-refractivity contribution >= 4 is 0 Å². The van der Waals surface area contributed by atoms with Crippen LogP contribution in [0.1, 0.15) is 23.7 Å². The summed E-state index contributed by atoms with van der Waals surface area (Å²) in [6.45, 7) is 7.84. The maximum atomic E-state index is 4.60. The highest BCUT2D eigenvalue weighted by molar-refractivity contribution is 5.54. The molecule has 0 radical (unpaired) electrons. The molecule has 2 aromatic rings. The lowest BCUT2D eigenvalue weighted by Crippen LogP contribution is -2.15. The zero-order valence-corrected chi connectivity index (χ0v) is 11.1. The predicted molar refractivity (Wildman–Crippen MR) is 72.1 cm³/mol. The van der Waals surface area contributed by atoms with Crippen LogP contribution in [-0.4, -0.2) is 21.5 Å². The number of hydrogen-bond donors (Lipinski definition) is 1. The lowest BCUT2D eigenvalue weighted by atomic mass is 10.2. The average molecular weight is 242 g/mol. The number of aryl methyl sites for hydroxylation is 2. The van der Waals surface area contributed by atoms with Crippen LogP contribution in [0.4, 0.5) is 0 Å². The molecular formula is C14H18N4. The Morgan fingerprint density at radius 1 is 1.17 bits per heavy atom. The molecule has 0 atom stereocenters. The summed E-state index contributed by atoms with van der Waals surface area (Å²) < 4.78 is 0. The second-order valence-electron chi connectivity index (χ2n) is 4.27. The highest BCUT2D eigenvalue weighted by Gasteiger charge is 2.08. The Hall–Kier alpha value is -1.81. The van der Waals surface area contributed by atoms with Crippen LogP contribution in [0.3, 0.4) is 0 Å². The van der Waals surface area contributed by atoms with Crippen LogP contribution < -0.4 is 5.32 Å². The van der Waals surface area contributed by atoms with E-state index in [-0.39, 0.29) is 0 Å². The van der Waals surface area contributed by atoms with Gasteiger partial charge in [0.25, 0.3) is 0 Å². The van der Waals surface area contributed by atoms with Crippen LogP contribution in [0.15, 0.2) is 24.5 Å². The van der Waals surface area contributed by atoms with E-state index in [4.69, 9.17) is 0 Å². The second-order valence-corrected chi connectivity index (χ2v) is 4.27. The molecule has 0 aliphatic heterocycles. The standard InChI is InChI=1S/C14H18N4/c1-4-15-9-12-11(3)8-17-14(18-12)13-10(2)6-5-7-16-13/h5-8,15H,4,9H2,1-3H3. The van der Waals surface area contributed by atoms with Gasteiger partial charge >= 0.3 is 0 Å². The van der Waals surface area contributed by atoms with E-state index in [9.17, 15) is 0 Å². The molecule has 4 heteroatoms. The number of pyridine rings is 1. The number of hydrogen-bond acceptors (Lipinski definition) is 4. The molecule has 18 heavy (non-hydrogen) atoms. The summed E-state index contributed by atoms with van der Waals surface area (Å²) in [6.07, 6.45) is 3.64. The molecule has 0 fully saturated rings. The zero-order valence-electron chi connectivity index (χ0n) is 11.1. The fraction of sp³-hybridized carbons (Fsp3) is 0.357. The van der Waals surface area contributed by atoms with E-state index in [0.717, 1.165) is 35.6 Å². The van der Waals surface area contributed by atoms with Crippen molar-refractivity contribution in [1.82, 2.24) is 20.3 Å². The molecule has 1 N–H and O–H groups in total. The molecule has 0 spiro atoms. The summed E-state index contributed by atoms with van der Waals surface area (Å²) in [6, 6.07) is 3.95. The van der Waals surface area contributed by atoms with E-state index >= 15 is 0 Å². The average Bonchev–Trinajstić information content (AvgIpc) is 2.39. The van der Waals surface area contributed by atoms with Gasteiger partial charge in [0.1, 0.15) is 5.69 Å². The van der Waals surface area contributed by atoms with E-state index in [1.54, 1.807) is 6.20 Å². The van der Waals surface area contributed by atoms with E-state index in [0.29, 0.717) is 5.82 Å². The molecule has 0 aliphatic rings. The molecule has 0 saturated heterocycles. The van der Waals surface area contributed by atoms with Crippen LogP contribution in [0.5, 0.6) is 0 Å². The molecular weight excluding hydrogens is 224 g/mol. The molecule has 0 saturated carbocycles. The van der Waals surface area contributed by atoms with Crippen LogP contribution in [-0.2, 0) is 6.54 Å². The first-order chi connectivity index (χ1) is 8.72. The van der Waals surface area contributed by atoms with Crippen molar-refractivity contribution in [3.05, 3.63) is 41.3 Å². The van der Waals surface area contributed by atoms with Crippen molar-refractivity contribution in [2.75, 3.05) is 6.54 Å². The largest absolute Gasteiger partial charge is 0.311 e. The summed E-state index contributed by atoms with van der Waals surface area (Å²) in [5.74, 6) is 0.701. The third kappa shape index (κ3) is 2.71. The van der Waals surface area contributed by atoms with Gasteiger partial charge in [0, 0.05) is 18.9 Å². The molecule has 0 bridgehead atoms. The fourth-order valence-electron chi connectivity index (χ4n) is 1.73. The quantitative estimate of drug-likeness (QED) is 0.893. The zero-order chi connectivity index (χ0) is 13.0. The lowest BCUT2D eigenvalue weighted by molar-refractivity contribution is 0.704. The molecule has 4 nitrogen and oxygen atoms in total. The van der Waals surface area contributed by atoms with E-state index in [2.05, 4.69) is 27.2 Å². The number of nitrogens with zero attached hydrogens (tertiary/aromatic N) is 3. The van der Waals surface area contributed by atoms with Crippen molar-refractivity contribution in [3.63, 3.8) is 0 Å². The fourth-order valence-corrected chi connectivity index (χ4v) is 1.73. The molecule has 0 aromatic carbocycles. The van der Waals surface area contributed by atoms with Crippen molar-refractivity contribution < 1.29 is 0 Å². The number of aromatic nitrogens is 3. The monoisotopic (exact) mass is 242 g/mol. The third-order valence-electron chi connectivity index (χ3n) is 2.84. The molecule has 94 valence electrons. The highest BCUT2D eigenvalue weighted by atomic mass is 14.9. The molecule has 0 amide bonds. The van der Waals surface area contributed by atoms with Gasteiger partial charge in [0.2, 0.25) is 0 Å². The van der Waals surface area contributed by atoms with E-state index in [1.807, 2.05) is 32.2 Å². The summed E-state index contributed by atoms with van der Waals surface area (Å²) in [5, 5.41) is 3.29. The topological polar surface area (TPSA) is 50.7 Å². The molecule has 0 aliphatic carbocycles. The van der Waals surface area contributed by atoms with Crippen molar-refractivity contribution in [2.24, 2.45) is 0 Å². The Labute approximate surface area is 108 Å². The minimum Gasteiger partial charge on any atom is -0.311 e. The van der Waals surface area contributed by atoms with Crippen LogP contribution in [0, 0.1) is 13.8 Å². The molecule has 2 aromatic heterocycles. The Bertz CT molecular complexity index is 537. The summed E-state index contributed by atoms with van der Waals surface area (Å²) in [5.41, 5.74) is 4.09. The second kappa shape index (κ2) is 5.69. The van der Waals surface area contributed by atoms with Gasteiger partial charge in [-0.25, -0.2) is 9.97 Å². The van der Waals surface area contributed by atoms with Gasteiger partial charge in [-0.3, -0.25) is 4.98 Å². The van der Waals surface area contributed by atoms with Crippen molar-refractivity contribution in [1.29, 1.82) is 0 Å². The molecule has 0 unspecified atom stereocenters. The first-order valence-electron chi connectivity index (χ1n) is 6.17. The SMILES string of the molecule is CCNCc1nc(-c2ncccc2C)ncc1C. The Morgan fingerprint density at radius 2 is 2.00 bits per heavy atom. The summed E-state index contributed by atoms with van der Waals surface area (Å²) >= 11 is 0. The Morgan fingerprint density at radius 3 is 2.72 bits per heavy atom. The van der Waals surface area contributed by atoms with Gasteiger partial charge in [-0.05, 0) is 37.6 Å². The lowest BCUT2D eigenvalue weighted by Gasteiger charge is -2.08. The molecule has 2 heterocycles. The van der Waals surface area contributed by atoms with Crippen molar-refractivity contribution in [2.45, 2.75) is 27.3 Å². The van der Waals surface area contributed by atoms with E-state index in [1.165, 1.54) is 0 Å². The number of rotatable bonds is 4. The van der Waals surface area contributed by atoms with Gasteiger partial charge in [-0.2, -0.15) is 0 Å². The van der Waals surface area contributed by atoms with Gasteiger partial charge < -0.3 is 5.32 Å². The van der Waals surface area contributed by atoms with E-state index < -0.39 is 0 Å². The van der Waals surface area contributed by atoms with Crippen LogP contribution in [0.2, 0.25) is 0 Å². The maximum absolute atomic E-state index is 4.60. The highest BCUT2D eigenvalue weighted by Crippen LogP contribution is 2.17. The maximum Gasteiger partial charge on any atom is 0.178 e. The normalized spacial score (nSPS) is 10.6. The summed E-state index contributed by atoms with van der Waals surface area (Å²) in [7, 11) is 0. The first-order valence-corrected chi connectivity index (χ1v) is 6.17. The molecule has 2 rings (SSSR count). The smallest absolute Gasteiger partial charge is 0.178 e.